The van der Waals surface area contributed by atoms with Crippen molar-refractivity contribution in [3.63, 3.8) is 0 Å². The first-order chi connectivity index (χ1) is 12.5. The van der Waals surface area contributed by atoms with Gasteiger partial charge >= 0.3 is 0 Å². The molecule has 3 fully saturated rings. The minimum atomic E-state index is 0. The molecule has 0 radical (unpaired) electrons. The van der Waals surface area contributed by atoms with E-state index in [4.69, 9.17) is 4.74 Å². The van der Waals surface area contributed by atoms with E-state index in [-0.39, 0.29) is 29.4 Å². The molecule has 4 rings (SSSR count). The van der Waals surface area contributed by atoms with E-state index < -0.39 is 0 Å². The fraction of sp³-hybridized carbons (Fsp3) is 0.800. The van der Waals surface area contributed by atoms with E-state index in [0.717, 1.165) is 25.7 Å². The summed E-state index contributed by atoms with van der Waals surface area (Å²) in [6, 6.07) is 0.891. The predicted molar refractivity (Wildman–Crippen MR) is 119 cm³/mol. The summed E-state index contributed by atoms with van der Waals surface area (Å²) < 4.78 is 8.31. The molecule has 152 valence electrons. The Morgan fingerprint density at radius 2 is 2.15 bits per heavy atom. The van der Waals surface area contributed by atoms with Gasteiger partial charge in [0.2, 0.25) is 0 Å². The Hall–Kier alpha value is -0.830. The molecule has 6 nitrogen and oxygen atoms in total. The summed E-state index contributed by atoms with van der Waals surface area (Å²) in [4.78, 5) is 11.3. The summed E-state index contributed by atoms with van der Waals surface area (Å²) in [6.45, 7) is 9.96. The number of halogens is 1. The van der Waals surface area contributed by atoms with E-state index in [9.17, 15) is 0 Å². The lowest BCUT2D eigenvalue weighted by Gasteiger charge is -2.60. The van der Waals surface area contributed by atoms with Gasteiger partial charge in [0.25, 0.3) is 0 Å². The number of nitrogens with zero attached hydrogens (tertiary/aromatic N) is 4. The molecular weight excluding hydrogens is 453 g/mol. The van der Waals surface area contributed by atoms with Crippen LogP contribution in [0, 0.1) is 17.3 Å². The molecule has 0 amide bonds. The van der Waals surface area contributed by atoms with Gasteiger partial charge < -0.3 is 19.5 Å². The highest BCUT2D eigenvalue weighted by Gasteiger charge is 2.58. The van der Waals surface area contributed by atoms with E-state index in [2.05, 4.69) is 51.7 Å². The molecule has 7 heteroatoms. The Bertz CT molecular complexity index is 647. The molecule has 5 atom stereocenters. The van der Waals surface area contributed by atoms with Crippen molar-refractivity contribution in [1.82, 2.24) is 19.8 Å². The average Bonchev–Trinajstić information content (AvgIpc) is 3.17. The van der Waals surface area contributed by atoms with Gasteiger partial charge in [0.15, 0.2) is 5.96 Å². The van der Waals surface area contributed by atoms with E-state index in [1.54, 1.807) is 0 Å². The average molecular weight is 487 g/mol. The van der Waals surface area contributed by atoms with Crippen LogP contribution in [0.1, 0.15) is 46.1 Å². The van der Waals surface area contributed by atoms with Gasteiger partial charge in [0, 0.05) is 56.5 Å². The molecule has 3 heterocycles. The summed E-state index contributed by atoms with van der Waals surface area (Å²) in [5.41, 5.74) is 0.161. The Morgan fingerprint density at radius 3 is 2.85 bits per heavy atom. The highest BCUT2D eigenvalue weighted by atomic mass is 127. The van der Waals surface area contributed by atoms with Gasteiger partial charge in [0.05, 0.1) is 18.5 Å². The molecule has 2 aliphatic heterocycles. The van der Waals surface area contributed by atoms with Crippen molar-refractivity contribution >= 4 is 29.9 Å². The second-order valence-corrected chi connectivity index (χ2v) is 8.88. The van der Waals surface area contributed by atoms with Crippen LogP contribution < -0.4 is 5.32 Å². The lowest BCUT2D eigenvalue weighted by molar-refractivity contribution is -0.188. The Morgan fingerprint density at radius 1 is 1.33 bits per heavy atom. The van der Waals surface area contributed by atoms with Gasteiger partial charge in [-0.05, 0) is 25.2 Å². The number of hydrogen-bond donors (Lipinski definition) is 1. The highest BCUT2D eigenvalue weighted by Crippen LogP contribution is 2.51. The summed E-state index contributed by atoms with van der Waals surface area (Å²) in [5, 5.41) is 3.81. The molecule has 3 aliphatic rings. The van der Waals surface area contributed by atoms with Gasteiger partial charge in [-0.15, -0.1) is 24.0 Å². The Labute approximate surface area is 180 Å². The van der Waals surface area contributed by atoms with Crippen LogP contribution >= 0.6 is 24.0 Å². The maximum atomic E-state index is 6.06. The monoisotopic (exact) mass is 487 g/mol. The number of aliphatic imine (C=N–C) groups is 1. The van der Waals surface area contributed by atoms with Crippen molar-refractivity contribution in [2.75, 3.05) is 26.7 Å². The van der Waals surface area contributed by atoms with Crippen molar-refractivity contribution < 1.29 is 4.74 Å². The molecule has 2 saturated heterocycles. The van der Waals surface area contributed by atoms with Crippen LogP contribution in [-0.2, 0) is 4.74 Å². The summed E-state index contributed by atoms with van der Waals surface area (Å²) in [7, 11) is 1.91. The number of imidazole rings is 1. The quantitative estimate of drug-likeness (QED) is 0.396. The molecule has 1 saturated carbocycles. The van der Waals surface area contributed by atoms with Crippen molar-refractivity contribution in [3.05, 3.63) is 18.7 Å². The van der Waals surface area contributed by atoms with Crippen molar-refractivity contribution in [3.8, 4) is 0 Å². The largest absolute Gasteiger partial charge is 0.377 e. The first-order valence-electron chi connectivity index (χ1n) is 10.1. The fourth-order valence-electron chi connectivity index (χ4n) is 5.35. The summed E-state index contributed by atoms with van der Waals surface area (Å²) in [5.74, 6) is 2.31. The van der Waals surface area contributed by atoms with Crippen LogP contribution in [0.5, 0.6) is 0 Å². The zero-order chi connectivity index (χ0) is 18.3. The predicted octanol–water partition coefficient (Wildman–Crippen LogP) is 3.16. The van der Waals surface area contributed by atoms with Crippen LogP contribution in [0.3, 0.4) is 0 Å². The third-order valence-electron chi connectivity index (χ3n) is 6.95. The summed E-state index contributed by atoms with van der Waals surface area (Å²) in [6.07, 6.45) is 9.91. The minimum absolute atomic E-state index is 0. The van der Waals surface area contributed by atoms with Gasteiger partial charge in [0.1, 0.15) is 0 Å². The Balaban J connectivity index is 0.00000210. The molecule has 0 aromatic carbocycles. The molecular formula is C20H34IN5O. The molecule has 0 bridgehead atoms. The maximum Gasteiger partial charge on any atom is 0.193 e. The van der Waals surface area contributed by atoms with Gasteiger partial charge in [-0.2, -0.15) is 0 Å². The van der Waals surface area contributed by atoms with Crippen molar-refractivity contribution in [1.29, 1.82) is 0 Å². The molecule has 27 heavy (non-hydrogen) atoms. The fourth-order valence-corrected chi connectivity index (χ4v) is 5.35. The number of likely N-dealkylation sites (tertiary alicyclic amines) is 1. The van der Waals surface area contributed by atoms with E-state index in [0.29, 0.717) is 30.0 Å². The van der Waals surface area contributed by atoms with Crippen LogP contribution in [0.4, 0.5) is 0 Å². The number of guanidine groups is 1. The second kappa shape index (κ2) is 8.27. The smallest absolute Gasteiger partial charge is 0.193 e. The molecule has 5 unspecified atom stereocenters. The lowest BCUT2D eigenvalue weighted by atomic mass is 9.55. The molecule has 1 aromatic heterocycles. The SMILES string of the molecule is CN=C(NC1C2CCCOC2C1(C)C)N1CCC(C)C(n2ccnc2)C1.I. The molecule has 0 spiro atoms. The molecule has 1 N–H and O–H groups in total. The van der Waals surface area contributed by atoms with Gasteiger partial charge in [-0.3, -0.25) is 4.99 Å². The second-order valence-electron chi connectivity index (χ2n) is 8.88. The number of nitrogens with one attached hydrogen (secondary N) is 1. The van der Waals surface area contributed by atoms with Crippen molar-refractivity contribution in [2.24, 2.45) is 22.2 Å². The minimum Gasteiger partial charge on any atom is -0.377 e. The van der Waals surface area contributed by atoms with Crippen LogP contribution in [-0.4, -0.2) is 59.3 Å². The normalized spacial score (nSPS) is 35.6. The Kier molecular flexibility index (Phi) is 6.40. The van der Waals surface area contributed by atoms with Gasteiger partial charge in [-0.25, -0.2) is 4.98 Å². The number of rotatable bonds is 2. The third-order valence-corrected chi connectivity index (χ3v) is 6.95. The van der Waals surface area contributed by atoms with Crippen molar-refractivity contribution in [2.45, 2.75) is 58.2 Å². The maximum absolute atomic E-state index is 6.06. The van der Waals surface area contributed by atoms with Crippen LogP contribution in [0.2, 0.25) is 0 Å². The molecule has 1 aliphatic carbocycles. The number of hydrogen-bond acceptors (Lipinski definition) is 3. The van der Waals surface area contributed by atoms with Crippen LogP contribution in [0.25, 0.3) is 0 Å². The van der Waals surface area contributed by atoms with Gasteiger partial charge in [-0.1, -0.05) is 20.8 Å². The third kappa shape index (κ3) is 3.73. The molecule has 1 aromatic rings. The standard InChI is InChI=1S/C20H33N5O.HI/c1-14-7-9-24(12-16(14)25-10-8-22-13-25)19(21-4)23-17-15-6-5-11-26-18(15)20(17,2)3;/h8,10,13-18H,5-7,9,11-12H2,1-4H3,(H,21,23);1H. The van der Waals surface area contributed by atoms with E-state index in [1.165, 1.54) is 19.3 Å². The first-order valence-corrected chi connectivity index (χ1v) is 10.1. The van der Waals surface area contributed by atoms with Crippen LogP contribution in [0.15, 0.2) is 23.7 Å². The number of ether oxygens (including phenoxy) is 1. The topological polar surface area (TPSA) is 54.7 Å². The summed E-state index contributed by atoms with van der Waals surface area (Å²) >= 11 is 0. The van der Waals surface area contributed by atoms with E-state index >= 15 is 0 Å². The number of aromatic nitrogens is 2. The van der Waals surface area contributed by atoms with E-state index in [1.807, 2.05) is 19.6 Å². The zero-order valence-corrected chi connectivity index (χ0v) is 19.3. The zero-order valence-electron chi connectivity index (χ0n) is 17.0. The lowest BCUT2D eigenvalue weighted by Crippen LogP contribution is -2.71. The highest BCUT2D eigenvalue weighted by molar-refractivity contribution is 14.0. The number of fused-ring (bicyclic) bond motifs is 1. The first kappa shape index (κ1) is 20.9. The number of piperidine rings is 1.